The molecular formula is C10H16N2O. The molecular weight excluding hydrogens is 164 g/mol. The lowest BCUT2D eigenvalue weighted by Crippen LogP contribution is -2.26. The normalized spacial score (nSPS) is 23.0. The Morgan fingerprint density at radius 2 is 2.38 bits per heavy atom. The molecule has 0 spiro atoms. The molecule has 1 fully saturated rings. The van der Waals surface area contributed by atoms with Crippen LogP contribution in [-0.2, 0) is 0 Å². The molecule has 0 aliphatic carbocycles. The third-order valence-electron chi connectivity index (χ3n) is 2.63. The van der Waals surface area contributed by atoms with Crippen LogP contribution < -0.4 is 10.1 Å². The van der Waals surface area contributed by atoms with Crippen LogP contribution in [-0.4, -0.2) is 18.6 Å². The number of aromatic nitrogens is 1. The molecule has 0 saturated carbocycles. The Bertz CT molecular complexity index is 264. The summed E-state index contributed by atoms with van der Waals surface area (Å²) in [6.45, 7) is 1.12. The maximum atomic E-state index is 5.24. The van der Waals surface area contributed by atoms with Gasteiger partial charge in [0.1, 0.15) is 0 Å². The van der Waals surface area contributed by atoms with Crippen molar-refractivity contribution in [3.05, 3.63) is 17.8 Å². The maximum Gasteiger partial charge on any atom is 0.195 e. The van der Waals surface area contributed by atoms with Crippen molar-refractivity contribution in [2.24, 2.45) is 0 Å². The van der Waals surface area contributed by atoms with Gasteiger partial charge in [-0.05, 0) is 25.5 Å². The van der Waals surface area contributed by atoms with Gasteiger partial charge in [0.05, 0.1) is 7.11 Å². The van der Waals surface area contributed by atoms with E-state index in [1.807, 2.05) is 6.20 Å². The predicted molar refractivity (Wildman–Crippen MR) is 51.9 cm³/mol. The van der Waals surface area contributed by atoms with E-state index in [0.29, 0.717) is 6.04 Å². The quantitative estimate of drug-likeness (QED) is 0.728. The number of nitrogens with one attached hydrogen (secondary N) is 2. The second kappa shape index (κ2) is 3.83. The average molecular weight is 180 g/mol. The molecule has 0 aromatic carbocycles. The Hall–Kier alpha value is -0.960. The number of rotatable bonds is 2. The van der Waals surface area contributed by atoms with Gasteiger partial charge in [-0.15, -0.1) is 0 Å². The van der Waals surface area contributed by atoms with Gasteiger partial charge in [0.25, 0.3) is 0 Å². The Morgan fingerprint density at radius 3 is 3.08 bits per heavy atom. The van der Waals surface area contributed by atoms with Crippen LogP contribution in [0.3, 0.4) is 0 Å². The fourth-order valence-electron chi connectivity index (χ4n) is 1.93. The molecule has 1 aliphatic rings. The number of H-pyrrole nitrogens is 1. The van der Waals surface area contributed by atoms with E-state index in [0.717, 1.165) is 12.4 Å². The summed E-state index contributed by atoms with van der Waals surface area (Å²) in [6.07, 6.45) is 5.76. The molecule has 1 aromatic rings. The van der Waals surface area contributed by atoms with Crippen molar-refractivity contribution >= 4 is 0 Å². The molecule has 0 unspecified atom stereocenters. The highest BCUT2D eigenvalue weighted by Gasteiger charge is 2.18. The average Bonchev–Trinajstić information content (AvgIpc) is 2.67. The molecule has 0 amide bonds. The molecule has 1 atom stereocenters. The first-order valence-electron chi connectivity index (χ1n) is 4.86. The Morgan fingerprint density at radius 1 is 1.46 bits per heavy atom. The van der Waals surface area contributed by atoms with Gasteiger partial charge in [0.2, 0.25) is 0 Å². The maximum absolute atomic E-state index is 5.24. The number of methoxy groups -OCH3 is 1. The zero-order valence-electron chi connectivity index (χ0n) is 7.97. The van der Waals surface area contributed by atoms with E-state index >= 15 is 0 Å². The molecule has 2 heterocycles. The molecule has 3 heteroatoms. The summed E-state index contributed by atoms with van der Waals surface area (Å²) in [5.74, 6) is 0.902. The fourth-order valence-corrected chi connectivity index (χ4v) is 1.93. The lowest BCUT2D eigenvalue weighted by molar-refractivity contribution is 0.366. The lowest BCUT2D eigenvalue weighted by atomic mass is 9.99. The smallest absolute Gasteiger partial charge is 0.195 e. The van der Waals surface area contributed by atoms with Gasteiger partial charge in [-0.1, -0.05) is 6.42 Å². The Kier molecular flexibility index (Phi) is 2.54. The van der Waals surface area contributed by atoms with Gasteiger partial charge in [0, 0.05) is 17.8 Å². The van der Waals surface area contributed by atoms with E-state index in [1.54, 1.807) is 7.11 Å². The molecule has 72 valence electrons. The number of ether oxygens (including phenoxy) is 1. The number of aromatic amines is 1. The summed E-state index contributed by atoms with van der Waals surface area (Å²) in [5.41, 5.74) is 1.27. The molecule has 1 aromatic heterocycles. The zero-order chi connectivity index (χ0) is 9.10. The largest absolute Gasteiger partial charge is 0.482 e. The van der Waals surface area contributed by atoms with Crippen LogP contribution in [0.1, 0.15) is 30.9 Å². The summed E-state index contributed by atoms with van der Waals surface area (Å²) in [7, 11) is 1.71. The van der Waals surface area contributed by atoms with Gasteiger partial charge >= 0.3 is 0 Å². The third kappa shape index (κ3) is 1.70. The number of piperidine rings is 1. The van der Waals surface area contributed by atoms with E-state index in [1.165, 1.54) is 24.8 Å². The second-order valence-electron chi connectivity index (χ2n) is 3.47. The van der Waals surface area contributed by atoms with Crippen molar-refractivity contribution in [1.29, 1.82) is 0 Å². The van der Waals surface area contributed by atoms with Crippen molar-refractivity contribution in [3.63, 3.8) is 0 Å². The van der Waals surface area contributed by atoms with E-state index in [2.05, 4.69) is 16.4 Å². The predicted octanol–water partition coefficient (Wildman–Crippen LogP) is 1.84. The minimum absolute atomic E-state index is 0.481. The lowest BCUT2D eigenvalue weighted by Gasteiger charge is -2.23. The molecule has 3 nitrogen and oxygen atoms in total. The summed E-state index contributed by atoms with van der Waals surface area (Å²) < 4.78 is 5.24. The van der Waals surface area contributed by atoms with E-state index in [-0.39, 0.29) is 0 Å². The summed E-state index contributed by atoms with van der Waals surface area (Å²) >= 11 is 0. The highest BCUT2D eigenvalue weighted by Crippen LogP contribution is 2.29. The summed E-state index contributed by atoms with van der Waals surface area (Å²) in [6, 6.07) is 2.58. The molecule has 2 rings (SSSR count). The Balaban J connectivity index is 2.13. The van der Waals surface area contributed by atoms with E-state index in [4.69, 9.17) is 4.74 Å². The monoisotopic (exact) mass is 180 g/mol. The van der Waals surface area contributed by atoms with Crippen molar-refractivity contribution in [2.75, 3.05) is 13.7 Å². The summed E-state index contributed by atoms with van der Waals surface area (Å²) in [5, 5.41) is 3.50. The van der Waals surface area contributed by atoms with Crippen LogP contribution in [0.15, 0.2) is 12.3 Å². The SMILES string of the molecule is COc1[nH]ccc1[C@@H]1CCCCN1. The summed E-state index contributed by atoms with van der Waals surface area (Å²) in [4.78, 5) is 3.09. The van der Waals surface area contributed by atoms with Crippen molar-refractivity contribution in [2.45, 2.75) is 25.3 Å². The van der Waals surface area contributed by atoms with E-state index < -0.39 is 0 Å². The van der Waals surface area contributed by atoms with E-state index in [9.17, 15) is 0 Å². The van der Waals surface area contributed by atoms with Crippen LogP contribution in [0.5, 0.6) is 5.88 Å². The van der Waals surface area contributed by atoms with Crippen molar-refractivity contribution in [1.82, 2.24) is 10.3 Å². The van der Waals surface area contributed by atoms with Gasteiger partial charge in [-0.3, -0.25) is 0 Å². The fraction of sp³-hybridized carbons (Fsp3) is 0.600. The minimum atomic E-state index is 0.481. The van der Waals surface area contributed by atoms with Gasteiger partial charge < -0.3 is 15.0 Å². The van der Waals surface area contributed by atoms with Crippen LogP contribution >= 0.6 is 0 Å². The van der Waals surface area contributed by atoms with Crippen LogP contribution in [0.25, 0.3) is 0 Å². The zero-order valence-corrected chi connectivity index (χ0v) is 7.97. The van der Waals surface area contributed by atoms with Crippen molar-refractivity contribution < 1.29 is 4.74 Å². The number of hydrogen-bond acceptors (Lipinski definition) is 2. The third-order valence-corrected chi connectivity index (χ3v) is 2.63. The van der Waals surface area contributed by atoms with Crippen LogP contribution in [0, 0.1) is 0 Å². The molecule has 0 bridgehead atoms. The van der Waals surface area contributed by atoms with Gasteiger partial charge in [-0.2, -0.15) is 0 Å². The highest BCUT2D eigenvalue weighted by molar-refractivity contribution is 5.30. The van der Waals surface area contributed by atoms with Crippen LogP contribution in [0.2, 0.25) is 0 Å². The van der Waals surface area contributed by atoms with Crippen LogP contribution in [0.4, 0.5) is 0 Å². The van der Waals surface area contributed by atoms with Gasteiger partial charge in [-0.25, -0.2) is 0 Å². The molecule has 2 N–H and O–H groups in total. The molecule has 1 aliphatic heterocycles. The highest BCUT2D eigenvalue weighted by atomic mass is 16.5. The first kappa shape index (κ1) is 8.63. The standard InChI is InChI=1S/C10H16N2O/c1-13-10-8(5-7-12-10)9-4-2-3-6-11-9/h5,7,9,11-12H,2-4,6H2,1H3/t9-/m0/s1. The first-order valence-corrected chi connectivity index (χ1v) is 4.86. The number of hydrogen-bond donors (Lipinski definition) is 2. The molecule has 0 radical (unpaired) electrons. The second-order valence-corrected chi connectivity index (χ2v) is 3.47. The topological polar surface area (TPSA) is 37.0 Å². The van der Waals surface area contributed by atoms with Crippen molar-refractivity contribution in [3.8, 4) is 5.88 Å². The van der Waals surface area contributed by atoms with Gasteiger partial charge in [0.15, 0.2) is 5.88 Å². The molecule has 13 heavy (non-hydrogen) atoms. The Labute approximate surface area is 78.5 Å². The first-order chi connectivity index (χ1) is 6.42. The minimum Gasteiger partial charge on any atom is -0.482 e. The molecule has 1 saturated heterocycles.